The van der Waals surface area contributed by atoms with Crippen LogP contribution in [0.1, 0.15) is 0 Å². The molecule has 1 aliphatic heterocycles. The molecule has 0 radical (unpaired) electrons. The topological polar surface area (TPSA) is 52.6 Å². The van der Waals surface area contributed by atoms with Gasteiger partial charge in [0.25, 0.3) is 0 Å². The Labute approximate surface area is 120 Å². The van der Waals surface area contributed by atoms with Gasteiger partial charge in [-0.25, -0.2) is 8.42 Å². The highest BCUT2D eigenvalue weighted by Gasteiger charge is 2.41. The third-order valence-electron chi connectivity index (χ3n) is 2.08. The second-order valence-electron chi connectivity index (χ2n) is 3.30. The van der Waals surface area contributed by atoms with E-state index in [-0.39, 0.29) is 11.5 Å². The van der Waals surface area contributed by atoms with Gasteiger partial charge in [0.2, 0.25) is 8.77 Å². The van der Waals surface area contributed by atoms with Crippen molar-refractivity contribution in [1.82, 2.24) is 0 Å². The van der Waals surface area contributed by atoms with E-state index in [2.05, 4.69) is 0 Å². The van der Waals surface area contributed by atoms with Crippen LogP contribution >= 0.6 is 48.0 Å². The molecule has 0 aromatic rings. The van der Waals surface area contributed by atoms with Gasteiger partial charge >= 0.3 is 0 Å². The number of rotatable bonds is 2. The van der Waals surface area contributed by atoms with Gasteiger partial charge in [0.1, 0.15) is 0 Å². The summed E-state index contributed by atoms with van der Waals surface area (Å²) in [5, 5.41) is 0. The maximum Gasteiger partial charge on any atom is 0.220 e. The molecule has 1 saturated heterocycles. The second kappa shape index (κ2) is 6.55. The first-order chi connectivity index (χ1) is 7.88. The molecule has 0 N–H and O–H groups in total. The average molecular weight is 333 g/mol. The number of thiocarbonyl (C=S) groups is 2. The number of sulfone groups is 1. The van der Waals surface area contributed by atoms with Gasteiger partial charge in [0, 0.05) is 0 Å². The lowest BCUT2D eigenvalue weighted by atomic mass is 10.3. The average Bonchev–Trinajstić information content (AvgIpc) is 2.52. The first kappa shape index (κ1) is 15.5. The molecule has 9 heteroatoms. The highest BCUT2D eigenvalue weighted by molar-refractivity contribution is 8.22. The molecule has 0 aliphatic carbocycles. The molecule has 2 unspecified atom stereocenters. The zero-order chi connectivity index (χ0) is 13.1. The van der Waals surface area contributed by atoms with Crippen molar-refractivity contribution in [2.45, 2.75) is 12.2 Å². The molecule has 1 rings (SSSR count). The van der Waals surface area contributed by atoms with Crippen molar-refractivity contribution in [3.05, 3.63) is 0 Å². The number of ether oxygens (including phenoxy) is 2. The van der Waals surface area contributed by atoms with Gasteiger partial charge < -0.3 is 9.47 Å². The standard InChI is InChI=1S/C8H12O4S5/c1-15-7(13)11-5-3-17(9,10)4-6(5)12-8(14)16-2/h5-6H,3-4H2,1-2H3. The molecule has 1 aliphatic rings. The monoisotopic (exact) mass is 332 g/mol. The highest BCUT2D eigenvalue weighted by Crippen LogP contribution is 2.22. The van der Waals surface area contributed by atoms with Crippen molar-refractivity contribution in [2.75, 3.05) is 24.0 Å². The Morgan fingerprint density at radius 1 is 1.06 bits per heavy atom. The predicted molar refractivity (Wildman–Crippen MR) is 80.6 cm³/mol. The summed E-state index contributed by atoms with van der Waals surface area (Å²) >= 11 is 12.3. The minimum atomic E-state index is -3.14. The minimum absolute atomic E-state index is 0.0740. The van der Waals surface area contributed by atoms with E-state index in [4.69, 9.17) is 33.9 Å². The third-order valence-corrected chi connectivity index (χ3v) is 5.80. The second-order valence-corrected chi connectivity index (χ2v) is 8.27. The van der Waals surface area contributed by atoms with Crippen molar-refractivity contribution in [2.24, 2.45) is 0 Å². The molecular weight excluding hydrogens is 320 g/mol. The molecule has 0 bridgehead atoms. The Hall–Kier alpha value is 0.430. The van der Waals surface area contributed by atoms with Gasteiger partial charge in [-0.15, -0.1) is 0 Å². The molecule has 98 valence electrons. The summed E-state index contributed by atoms with van der Waals surface area (Å²) in [7, 11) is -3.14. The van der Waals surface area contributed by atoms with Crippen LogP contribution in [-0.2, 0) is 19.3 Å². The van der Waals surface area contributed by atoms with E-state index in [1.807, 2.05) is 0 Å². The van der Waals surface area contributed by atoms with Crippen molar-refractivity contribution in [3.8, 4) is 0 Å². The third kappa shape index (κ3) is 4.90. The van der Waals surface area contributed by atoms with E-state index in [1.165, 1.54) is 23.5 Å². The van der Waals surface area contributed by atoms with E-state index >= 15 is 0 Å². The van der Waals surface area contributed by atoms with Gasteiger partial charge in [0.05, 0.1) is 11.5 Å². The van der Waals surface area contributed by atoms with Gasteiger partial charge in [-0.3, -0.25) is 0 Å². The Kier molecular flexibility index (Phi) is 5.97. The number of hydrogen-bond donors (Lipinski definition) is 0. The van der Waals surface area contributed by atoms with Crippen LogP contribution in [0.25, 0.3) is 0 Å². The van der Waals surface area contributed by atoms with Crippen molar-refractivity contribution in [1.29, 1.82) is 0 Å². The first-order valence-corrected chi connectivity index (χ1v) is 9.66. The van der Waals surface area contributed by atoms with Crippen LogP contribution in [0.2, 0.25) is 0 Å². The maximum absolute atomic E-state index is 11.5. The summed E-state index contributed by atoms with van der Waals surface area (Å²) in [4.78, 5) is 0. The van der Waals surface area contributed by atoms with Crippen LogP contribution in [0.3, 0.4) is 0 Å². The Morgan fingerprint density at radius 3 is 1.71 bits per heavy atom. The molecule has 17 heavy (non-hydrogen) atoms. The lowest BCUT2D eigenvalue weighted by molar-refractivity contribution is 0.0865. The van der Waals surface area contributed by atoms with Crippen LogP contribution in [0.15, 0.2) is 0 Å². The summed E-state index contributed by atoms with van der Waals surface area (Å²) in [5.41, 5.74) is 0. The summed E-state index contributed by atoms with van der Waals surface area (Å²) < 4.78 is 34.4. The lowest BCUT2D eigenvalue weighted by Crippen LogP contribution is -2.32. The molecule has 0 spiro atoms. The maximum atomic E-state index is 11.5. The molecule has 0 aromatic carbocycles. The molecule has 0 saturated carbocycles. The van der Waals surface area contributed by atoms with Gasteiger partial charge in [0.15, 0.2) is 22.0 Å². The molecular formula is C8H12O4S5. The summed E-state index contributed by atoms with van der Waals surface area (Å²) in [5.74, 6) is -0.148. The summed E-state index contributed by atoms with van der Waals surface area (Å²) in [6, 6.07) is 0. The van der Waals surface area contributed by atoms with Gasteiger partial charge in [-0.05, 0) is 36.9 Å². The number of thioether (sulfide) groups is 2. The zero-order valence-corrected chi connectivity index (χ0v) is 13.3. The summed E-state index contributed by atoms with van der Waals surface area (Å²) in [6.07, 6.45) is 2.41. The van der Waals surface area contributed by atoms with Crippen LogP contribution < -0.4 is 0 Å². The van der Waals surface area contributed by atoms with E-state index in [9.17, 15) is 8.42 Å². The highest BCUT2D eigenvalue weighted by atomic mass is 32.2. The Balaban J connectivity index is 2.71. The normalized spacial score (nSPS) is 26.5. The Bertz CT molecular complexity index is 372. The van der Waals surface area contributed by atoms with E-state index < -0.39 is 22.0 Å². The lowest BCUT2D eigenvalue weighted by Gasteiger charge is -2.20. The fraction of sp³-hybridized carbons (Fsp3) is 0.750. The quantitative estimate of drug-likeness (QED) is 0.705. The van der Waals surface area contributed by atoms with E-state index in [0.717, 1.165) is 0 Å². The van der Waals surface area contributed by atoms with Crippen molar-refractivity contribution >= 4 is 66.6 Å². The molecule has 1 fully saturated rings. The van der Waals surface area contributed by atoms with E-state index in [0.29, 0.717) is 8.77 Å². The first-order valence-electron chi connectivity index (χ1n) is 4.57. The number of hydrogen-bond acceptors (Lipinski definition) is 8. The van der Waals surface area contributed by atoms with Gasteiger partial charge in [-0.1, -0.05) is 23.5 Å². The van der Waals surface area contributed by atoms with Gasteiger partial charge in [-0.2, -0.15) is 0 Å². The molecule has 4 nitrogen and oxygen atoms in total. The Morgan fingerprint density at radius 2 is 1.41 bits per heavy atom. The van der Waals surface area contributed by atoms with Crippen molar-refractivity contribution < 1.29 is 17.9 Å². The van der Waals surface area contributed by atoms with Crippen molar-refractivity contribution in [3.63, 3.8) is 0 Å². The molecule has 1 heterocycles. The van der Waals surface area contributed by atoms with Crippen LogP contribution in [-0.4, -0.2) is 53.4 Å². The van der Waals surface area contributed by atoms with Crippen LogP contribution in [0.4, 0.5) is 0 Å². The molecule has 0 amide bonds. The predicted octanol–water partition coefficient (Wildman–Crippen LogP) is 1.48. The molecule has 0 aromatic heterocycles. The minimum Gasteiger partial charge on any atom is -0.470 e. The smallest absolute Gasteiger partial charge is 0.220 e. The van der Waals surface area contributed by atoms with E-state index in [1.54, 1.807) is 12.5 Å². The SMILES string of the molecule is CSC(=S)OC1CS(=O)(=O)CC1OC(=S)SC. The fourth-order valence-corrected chi connectivity index (χ4v) is 3.74. The van der Waals surface area contributed by atoms with Crippen LogP contribution in [0, 0.1) is 0 Å². The zero-order valence-electron chi connectivity index (χ0n) is 9.24. The fourth-order valence-electron chi connectivity index (χ4n) is 1.35. The molecule has 2 atom stereocenters. The summed E-state index contributed by atoms with van der Waals surface area (Å²) in [6.45, 7) is 0. The largest absolute Gasteiger partial charge is 0.470 e. The van der Waals surface area contributed by atoms with Crippen LogP contribution in [0.5, 0.6) is 0 Å².